The van der Waals surface area contributed by atoms with Gasteiger partial charge in [-0.3, -0.25) is 9.59 Å². The van der Waals surface area contributed by atoms with E-state index in [2.05, 4.69) is 10.3 Å². The van der Waals surface area contributed by atoms with Gasteiger partial charge >= 0.3 is 0 Å². The summed E-state index contributed by atoms with van der Waals surface area (Å²) in [5.74, 6) is -0.926. The lowest BCUT2D eigenvalue weighted by Crippen LogP contribution is -2.20. The zero-order valence-electron chi connectivity index (χ0n) is 13.9. The topological polar surface area (TPSA) is 71.2 Å². The van der Waals surface area contributed by atoms with E-state index in [-0.39, 0.29) is 17.9 Å². The molecular formula is C19H17FN2O3. The minimum atomic E-state index is -0.524. The maximum absolute atomic E-state index is 13.5. The molecule has 25 heavy (non-hydrogen) atoms. The van der Waals surface area contributed by atoms with Crippen LogP contribution >= 0.6 is 0 Å². The number of anilines is 1. The summed E-state index contributed by atoms with van der Waals surface area (Å²) in [6.45, 7) is 3.33. The molecule has 0 saturated heterocycles. The van der Waals surface area contributed by atoms with Gasteiger partial charge in [-0.25, -0.2) is 4.39 Å². The van der Waals surface area contributed by atoms with Crippen LogP contribution in [0.1, 0.15) is 11.1 Å². The number of para-hydroxylation sites is 1. The largest absolute Gasteiger partial charge is 0.481 e. The highest BCUT2D eigenvalue weighted by atomic mass is 19.1. The number of pyridine rings is 1. The van der Waals surface area contributed by atoms with Crippen molar-refractivity contribution in [1.82, 2.24) is 4.98 Å². The Kier molecular flexibility index (Phi) is 4.52. The van der Waals surface area contributed by atoms with Gasteiger partial charge in [0.05, 0.1) is 5.52 Å². The highest BCUT2D eigenvalue weighted by Gasteiger charge is 2.09. The Morgan fingerprint density at radius 2 is 1.92 bits per heavy atom. The van der Waals surface area contributed by atoms with Gasteiger partial charge in [0.25, 0.3) is 11.5 Å². The molecule has 0 unspecified atom stereocenters. The summed E-state index contributed by atoms with van der Waals surface area (Å²) in [4.78, 5) is 26.7. The van der Waals surface area contributed by atoms with E-state index < -0.39 is 11.7 Å². The van der Waals surface area contributed by atoms with Gasteiger partial charge in [0.15, 0.2) is 18.2 Å². The first-order valence-electron chi connectivity index (χ1n) is 7.76. The van der Waals surface area contributed by atoms with Crippen LogP contribution in [0.2, 0.25) is 0 Å². The second kappa shape index (κ2) is 6.76. The van der Waals surface area contributed by atoms with Crippen LogP contribution in [0.5, 0.6) is 5.75 Å². The zero-order valence-corrected chi connectivity index (χ0v) is 13.9. The number of benzene rings is 2. The quantitative estimate of drug-likeness (QED) is 0.765. The van der Waals surface area contributed by atoms with E-state index in [9.17, 15) is 14.0 Å². The van der Waals surface area contributed by atoms with Gasteiger partial charge in [-0.05, 0) is 43.7 Å². The predicted octanol–water partition coefficient (Wildman–Crippen LogP) is 3.30. The fourth-order valence-electron chi connectivity index (χ4n) is 2.54. The molecule has 0 bridgehead atoms. The molecule has 128 valence electrons. The molecule has 3 rings (SSSR count). The summed E-state index contributed by atoms with van der Waals surface area (Å²) in [6.07, 6.45) is 0. The van der Waals surface area contributed by atoms with Gasteiger partial charge in [0.2, 0.25) is 0 Å². The number of hydrogen-bond donors (Lipinski definition) is 2. The summed E-state index contributed by atoms with van der Waals surface area (Å²) in [7, 11) is 0. The number of carbonyl (C=O) groups excluding carboxylic acids is 1. The lowest BCUT2D eigenvalue weighted by molar-refractivity contribution is -0.118. The SMILES string of the molecule is Cc1c(C)c2ccc(NC(=O)COc3ccccc3F)cc2[nH]c1=O. The Hall–Kier alpha value is -3.15. The van der Waals surface area contributed by atoms with Crippen molar-refractivity contribution in [1.29, 1.82) is 0 Å². The molecule has 0 fully saturated rings. The molecule has 3 aromatic rings. The van der Waals surface area contributed by atoms with E-state index in [0.29, 0.717) is 16.8 Å². The molecule has 0 aliphatic heterocycles. The molecule has 2 N–H and O–H groups in total. The molecule has 2 aromatic carbocycles. The number of rotatable bonds is 4. The second-order valence-corrected chi connectivity index (χ2v) is 5.73. The molecule has 1 aromatic heterocycles. The van der Waals surface area contributed by atoms with Crippen LogP contribution in [0.15, 0.2) is 47.3 Å². The molecule has 0 aliphatic carbocycles. The van der Waals surface area contributed by atoms with Crippen LogP contribution in [0.3, 0.4) is 0 Å². The van der Waals surface area contributed by atoms with Crippen molar-refractivity contribution in [2.45, 2.75) is 13.8 Å². The van der Waals surface area contributed by atoms with Crippen LogP contribution in [0.4, 0.5) is 10.1 Å². The molecule has 0 spiro atoms. The summed E-state index contributed by atoms with van der Waals surface area (Å²) < 4.78 is 18.6. The number of aromatic amines is 1. The van der Waals surface area contributed by atoms with Crippen molar-refractivity contribution in [3.05, 3.63) is 69.8 Å². The van der Waals surface area contributed by atoms with Gasteiger partial charge in [-0.1, -0.05) is 18.2 Å². The Labute approximate surface area is 143 Å². The first-order valence-corrected chi connectivity index (χ1v) is 7.76. The van der Waals surface area contributed by atoms with Gasteiger partial charge in [0.1, 0.15) is 0 Å². The highest BCUT2D eigenvalue weighted by Crippen LogP contribution is 2.21. The number of fused-ring (bicyclic) bond motifs is 1. The minimum absolute atomic E-state index is 0.0200. The average Bonchev–Trinajstić information content (AvgIpc) is 2.59. The van der Waals surface area contributed by atoms with Gasteiger partial charge in [-0.2, -0.15) is 0 Å². The lowest BCUT2D eigenvalue weighted by Gasteiger charge is -2.10. The maximum Gasteiger partial charge on any atom is 0.262 e. The summed E-state index contributed by atoms with van der Waals surface area (Å²) in [6, 6.07) is 11.1. The number of amides is 1. The molecule has 5 nitrogen and oxygen atoms in total. The number of halogens is 1. The Morgan fingerprint density at radius 1 is 1.16 bits per heavy atom. The van der Waals surface area contributed by atoms with Crippen LogP contribution in [0, 0.1) is 19.7 Å². The molecule has 0 atom stereocenters. The van der Waals surface area contributed by atoms with Gasteiger partial charge in [0, 0.05) is 16.6 Å². The summed E-state index contributed by atoms with van der Waals surface area (Å²) in [5.41, 5.74) is 2.58. The normalized spacial score (nSPS) is 10.7. The monoisotopic (exact) mass is 340 g/mol. The number of hydrogen-bond acceptors (Lipinski definition) is 3. The predicted molar refractivity (Wildman–Crippen MR) is 94.6 cm³/mol. The van der Waals surface area contributed by atoms with Gasteiger partial charge < -0.3 is 15.0 Å². The average molecular weight is 340 g/mol. The summed E-state index contributed by atoms with van der Waals surface area (Å²) >= 11 is 0. The van der Waals surface area contributed by atoms with Crippen molar-refractivity contribution in [3.8, 4) is 5.75 Å². The van der Waals surface area contributed by atoms with Crippen molar-refractivity contribution < 1.29 is 13.9 Å². The first kappa shape index (κ1) is 16.7. The third kappa shape index (κ3) is 3.52. The maximum atomic E-state index is 13.5. The third-order valence-corrected chi connectivity index (χ3v) is 4.05. The standard InChI is InChI=1S/C19H17FN2O3/c1-11-12(2)19(24)22-16-9-13(7-8-14(11)16)21-18(23)10-25-17-6-4-3-5-15(17)20/h3-9H,10H2,1-2H3,(H,21,23)(H,22,24). The first-order chi connectivity index (χ1) is 12.0. The number of aryl methyl sites for hydroxylation is 1. The zero-order chi connectivity index (χ0) is 18.0. The van der Waals surface area contributed by atoms with E-state index in [4.69, 9.17) is 4.74 Å². The van der Waals surface area contributed by atoms with E-state index in [0.717, 1.165) is 10.9 Å². The molecule has 1 amide bonds. The van der Waals surface area contributed by atoms with Crippen molar-refractivity contribution >= 4 is 22.5 Å². The number of nitrogens with one attached hydrogen (secondary N) is 2. The molecule has 0 radical (unpaired) electrons. The van der Waals surface area contributed by atoms with Crippen LogP contribution in [0.25, 0.3) is 10.9 Å². The third-order valence-electron chi connectivity index (χ3n) is 4.05. The number of carbonyl (C=O) groups is 1. The molecule has 1 heterocycles. The minimum Gasteiger partial charge on any atom is -0.481 e. The van der Waals surface area contributed by atoms with Crippen molar-refractivity contribution in [2.24, 2.45) is 0 Å². The molecular weight excluding hydrogens is 323 g/mol. The van der Waals surface area contributed by atoms with E-state index >= 15 is 0 Å². The smallest absolute Gasteiger partial charge is 0.262 e. The molecule has 6 heteroatoms. The van der Waals surface area contributed by atoms with E-state index in [1.807, 2.05) is 13.0 Å². The Bertz CT molecular complexity index is 1010. The van der Waals surface area contributed by atoms with Crippen LogP contribution < -0.4 is 15.6 Å². The highest BCUT2D eigenvalue weighted by molar-refractivity contribution is 5.95. The number of ether oxygens (including phenoxy) is 1. The lowest BCUT2D eigenvalue weighted by atomic mass is 10.1. The Morgan fingerprint density at radius 3 is 2.68 bits per heavy atom. The van der Waals surface area contributed by atoms with Crippen molar-refractivity contribution in [3.63, 3.8) is 0 Å². The number of aromatic nitrogens is 1. The van der Waals surface area contributed by atoms with Crippen LogP contribution in [-0.4, -0.2) is 17.5 Å². The fourth-order valence-corrected chi connectivity index (χ4v) is 2.54. The Balaban J connectivity index is 1.74. The van der Waals surface area contributed by atoms with E-state index in [1.54, 1.807) is 31.2 Å². The molecule has 0 saturated carbocycles. The summed E-state index contributed by atoms with van der Waals surface area (Å²) in [5, 5.41) is 3.58. The van der Waals surface area contributed by atoms with Gasteiger partial charge in [-0.15, -0.1) is 0 Å². The number of H-pyrrole nitrogens is 1. The van der Waals surface area contributed by atoms with E-state index in [1.165, 1.54) is 12.1 Å². The molecule has 0 aliphatic rings. The fraction of sp³-hybridized carbons (Fsp3) is 0.158. The van der Waals surface area contributed by atoms with Crippen LogP contribution in [-0.2, 0) is 4.79 Å². The second-order valence-electron chi connectivity index (χ2n) is 5.73. The van der Waals surface area contributed by atoms with Crippen molar-refractivity contribution in [2.75, 3.05) is 11.9 Å².